The van der Waals surface area contributed by atoms with Gasteiger partial charge >= 0.3 is 12.4 Å². The Morgan fingerprint density at radius 2 is 1.64 bits per heavy atom. The van der Waals surface area contributed by atoms with Crippen LogP contribution in [0.2, 0.25) is 0 Å². The van der Waals surface area contributed by atoms with Gasteiger partial charge in [-0.2, -0.15) is 31.4 Å². The monoisotopic (exact) mass is 562 g/mol. The lowest BCUT2D eigenvalue weighted by Crippen LogP contribution is -2.50. The zero-order chi connectivity index (χ0) is 28.5. The Hall–Kier alpha value is -3.92. The minimum Gasteiger partial charge on any atom is -0.372 e. The summed E-state index contributed by atoms with van der Waals surface area (Å²) < 4.78 is 77.9. The number of anilines is 2. The number of alkyl halides is 6. The van der Waals surface area contributed by atoms with Gasteiger partial charge in [0.2, 0.25) is 17.8 Å². The number of H-pyrrole nitrogens is 1. The maximum atomic E-state index is 13.2. The van der Waals surface area contributed by atoms with E-state index in [1.807, 2.05) is 0 Å². The summed E-state index contributed by atoms with van der Waals surface area (Å²) in [5.41, 5.74) is -4.60. The van der Waals surface area contributed by atoms with E-state index < -0.39 is 52.7 Å². The zero-order valence-electron chi connectivity index (χ0n) is 20.4. The van der Waals surface area contributed by atoms with Crippen LogP contribution in [0.1, 0.15) is 37.3 Å². The first-order valence-corrected chi connectivity index (χ1v) is 11.9. The second kappa shape index (κ2) is 10.7. The Balaban J connectivity index is 1.31. The number of nitrogens with zero attached hydrogens (tertiary/aromatic N) is 5. The van der Waals surface area contributed by atoms with E-state index in [1.165, 1.54) is 6.92 Å². The second-order valence-electron chi connectivity index (χ2n) is 9.22. The largest absolute Gasteiger partial charge is 0.423 e. The Labute approximate surface area is 217 Å². The number of amides is 2. The van der Waals surface area contributed by atoms with Crippen LogP contribution >= 0.6 is 0 Å². The van der Waals surface area contributed by atoms with Crippen molar-refractivity contribution >= 4 is 23.5 Å². The average molecular weight is 562 g/mol. The lowest BCUT2D eigenvalue weighted by atomic mass is 10.0. The Morgan fingerprint density at radius 3 is 2.23 bits per heavy atom. The fourth-order valence-corrected chi connectivity index (χ4v) is 4.59. The molecule has 3 N–H and O–H groups in total. The van der Waals surface area contributed by atoms with E-state index in [1.54, 1.807) is 14.9 Å². The molecule has 0 aromatic carbocycles. The molecule has 2 aliphatic heterocycles. The molecule has 0 bridgehead atoms. The number of nitrogens with one attached hydrogen (secondary N) is 3. The van der Waals surface area contributed by atoms with Gasteiger partial charge in [0.25, 0.3) is 5.56 Å². The summed E-state index contributed by atoms with van der Waals surface area (Å²) in [6.07, 6.45) is -6.03. The quantitative estimate of drug-likeness (QED) is 0.454. The van der Waals surface area contributed by atoms with Crippen LogP contribution in [0.3, 0.4) is 0 Å². The number of carbonyl (C=O) groups is 2. The number of carbonyl (C=O) groups excluding carboxylic acids is 2. The molecule has 2 aromatic rings. The fraction of sp³-hybridized carbons (Fsp3) is 0.545. The number of hydrogen-bond acceptors (Lipinski definition) is 8. The highest BCUT2D eigenvalue weighted by Gasteiger charge is 2.40. The Bertz CT molecular complexity index is 1260. The van der Waals surface area contributed by atoms with Crippen molar-refractivity contribution in [3.8, 4) is 0 Å². The lowest BCUT2D eigenvalue weighted by Gasteiger charge is -2.36. The minimum absolute atomic E-state index is 0.158. The predicted octanol–water partition coefficient (Wildman–Crippen LogP) is 1.78. The third kappa shape index (κ3) is 6.22. The normalized spacial score (nSPS) is 19.8. The summed E-state index contributed by atoms with van der Waals surface area (Å²) in [5.74, 6) is -0.920. The van der Waals surface area contributed by atoms with Crippen molar-refractivity contribution in [3.05, 3.63) is 40.1 Å². The summed E-state index contributed by atoms with van der Waals surface area (Å²) in [6, 6.07) is -2.27. The second-order valence-corrected chi connectivity index (χ2v) is 9.22. The van der Waals surface area contributed by atoms with Crippen LogP contribution < -0.4 is 21.1 Å². The molecule has 212 valence electrons. The Kier molecular flexibility index (Phi) is 7.70. The van der Waals surface area contributed by atoms with Crippen molar-refractivity contribution in [1.29, 1.82) is 0 Å². The van der Waals surface area contributed by atoms with Crippen LogP contribution in [0.15, 0.2) is 23.4 Å². The molecular formula is C22H24F6N8O3. The molecule has 2 aliphatic rings. The third-order valence-electron chi connectivity index (χ3n) is 6.61. The maximum Gasteiger partial charge on any atom is 0.423 e. The van der Waals surface area contributed by atoms with Gasteiger partial charge < -0.3 is 20.4 Å². The van der Waals surface area contributed by atoms with Crippen LogP contribution in [0.25, 0.3) is 0 Å². The molecule has 2 amide bonds. The molecule has 4 rings (SSSR count). The molecule has 0 radical (unpaired) electrons. The van der Waals surface area contributed by atoms with Crippen molar-refractivity contribution in [2.75, 3.05) is 29.9 Å². The first-order chi connectivity index (χ1) is 18.3. The van der Waals surface area contributed by atoms with Gasteiger partial charge in [0, 0.05) is 38.1 Å². The molecule has 0 spiro atoms. The summed E-state index contributed by atoms with van der Waals surface area (Å²) in [4.78, 5) is 48.2. The number of aromatic amines is 1. The van der Waals surface area contributed by atoms with Gasteiger partial charge in [-0.25, -0.2) is 15.1 Å². The molecule has 39 heavy (non-hydrogen) atoms. The topological polar surface area (TPSA) is 136 Å². The summed E-state index contributed by atoms with van der Waals surface area (Å²) >= 11 is 0. The van der Waals surface area contributed by atoms with Crippen molar-refractivity contribution in [2.45, 2.75) is 56.7 Å². The lowest BCUT2D eigenvalue weighted by molar-refractivity contribution is -0.139. The molecule has 2 saturated heterocycles. The van der Waals surface area contributed by atoms with E-state index >= 15 is 0 Å². The molecule has 4 heterocycles. The van der Waals surface area contributed by atoms with Crippen LogP contribution in [-0.4, -0.2) is 74.6 Å². The molecule has 2 fully saturated rings. The highest BCUT2D eigenvalue weighted by atomic mass is 19.4. The molecule has 0 aliphatic carbocycles. The molecule has 2 atom stereocenters. The summed E-state index contributed by atoms with van der Waals surface area (Å²) in [6.45, 7) is 2.45. The number of hydrogen-bond donors (Lipinski definition) is 3. The number of rotatable bonds is 6. The van der Waals surface area contributed by atoms with Gasteiger partial charge in [0.05, 0.1) is 17.4 Å². The van der Waals surface area contributed by atoms with Crippen molar-refractivity contribution < 1.29 is 35.9 Å². The molecular weight excluding hydrogens is 538 g/mol. The molecule has 2 aromatic heterocycles. The smallest absolute Gasteiger partial charge is 0.372 e. The molecule has 11 nitrogen and oxygen atoms in total. The number of aromatic nitrogens is 4. The fourth-order valence-electron chi connectivity index (χ4n) is 4.59. The summed E-state index contributed by atoms with van der Waals surface area (Å²) in [7, 11) is 0. The molecule has 17 heteroatoms. The van der Waals surface area contributed by atoms with E-state index in [9.17, 15) is 40.7 Å². The summed E-state index contributed by atoms with van der Waals surface area (Å²) in [5, 5.41) is 9.91. The van der Waals surface area contributed by atoms with Crippen LogP contribution in [0, 0.1) is 0 Å². The van der Waals surface area contributed by atoms with E-state index in [0.717, 1.165) is 18.6 Å². The number of halogens is 6. The third-order valence-corrected chi connectivity index (χ3v) is 6.61. The average Bonchev–Trinajstić information content (AvgIpc) is 3.22. The zero-order valence-corrected chi connectivity index (χ0v) is 20.4. The van der Waals surface area contributed by atoms with Crippen LogP contribution in [-0.2, 0) is 21.9 Å². The number of likely N-dealkylation sites (tertiary alicyclic amines) is 1. The van der Waals surface area contributed by atoms with Crippen LogP contribution in [0.4, 0.5) is 38.0 Å². The van der Waals surface area contributed by atoms with Crippen molar-refractivity contribution in [1.82, 2.24) is 30.4 Å². The number of piperidine rings is 1. The standard InChI is InChI=1S/C22H24F6N8O3/c1-11(32-15-10-31-34-18(38)16(15)22(26,27)28)17(37)33-14-4-7-36(19(14)39)13-2-5-35(6-3-13)20-29-8-12(9-30-20)21(23,24)25/h8-11,13-14H,2-7H2,1H3,(H,33,37)(H2,32,34,38)/t11-,14+/m0/s1. The maximum absolute atomic E-state index is 13.2. The van der Waals surface area contributed by atoms with E-state index in [4.69, 9.17) is 0 Å². The van der Waals surface area contributed by atoms with Gasteiger partial charge in [-0.3, -0.25) is 14.4 Å². The van der Waals surface area contributed by atoms with Gasteiger partial charge in [-0.15, -0.1) is 0 Å². The van der Waals surface area contributed by atoms with E-state index in [0.29, 0.717) is 38.9 Å². The van der Waals surface area contributed by atoms with Gasteiger partial charge in [-0.1, -0.05) is 0 Å². The van der Waals surface area contributed by atoms with E-state index in [2.05, 4.69) is 25.7 Å². The minimum atomic E-state index is -4.98. The van der Waals surface area contributed by atoms with Crippen molar-refractivity contribution in [2.24, 2.45) is 0 Å². The van der Waals surface area contributed by atoms with Gasteiger partial charge in [0.15, 0.2) is 0 Å². The highest BCUT2D eigenvalue weighted by Crippen LogP contribution is 2.32. The van der Waals surface area contributed by atoms with Gasteiger partial charge in [0.1, 0.15) is 17.6 Å². The van der Waals surface area contributed by atoms with Crippen molar-refractivity contribution in [3.63, 3.8) is 0 Å². The first kappa shape index (κ1) is 28.1. The van der Waals surface area contributed by atoms with Crippen LogP contribution in [0.5, 0.6) is 0 Å². The van der Waals surface area contributed by atoms with Gasteiger partial charge in [-0.05, 0) is 26.2 Å². The van der Waals surface area contributed by atoms with E-state index in [-0.39, 0.29) is 17.9 Å². The predicted molar refractivity (Wildman–Crippen MR) is 123 cm³/mol. The highest BCUT2D eigenvalue weighted by molar-refractivity contribution is 5.92. The SMILES string of the molecule is C[C@H](Nc1cn[nH]c(=O)c1C(F)(F)F)C(=O)N[C@@H]1CCN(C2CCN(c3ncc(C(F)(F)F)cn3)CC2)C1=O. The molecule has 0 unspecified atom stereocenters. The first-order valence-electron chi connectivity index (χ1n) is 11.9. The Morgan fingerprint density at radius 1 is 1.00 bits per heavy atom. The molecule has 0 saturated carbocycles.